The van der Waals surface area contributed by atoms with Gasteiger partial charge >= 0.3 is 0 Å². The predicted molar refractivity (Wildman–Crippen MR) is 141 cm³/mol. The van der Waals surface area contributed by atoms with Crippen molar-refractivity contribution in [2.24, 2.45) is 0 Å². The van der Waals surface area contributed by atoms with Crippen molar-refractivity contribution in [3.8, 4) is 0 Å². The molecular weight excluding hydrogens is 499 g/mol. The number of sulfonamides is 1. The summed E-state index contributed by atoms with van der Waals surface area (Å²) in [5.74, 6) is 0.217. The van der Waals surface area contributed by atoms with Crippen LogP contribution in [0.1, 0.15) is 0 Å². The highest BCUT2D eigenvalue weighted by atomic mass is 32.2. The van der Waals surface area contributed by atoms with Crippen LogP contribution in [-0.4, -0.2) is 61.1 Å². The van der Waals surface area contributed by atoms with Crippen LogP contribution in [0.15, 0.2) is 71.6 Å². The Morgan fingerprint density at radius 2 is 1.75 bits per heavy atom. The second-order valence-corrected chi connectivity index (χ2v) is 11.6. The molecule has 0 bridgehead atoms. The SMILES string of the molecule is CN(c1ccc(S(=O)(=O)N2CCN(c3nc4ccccc4s3)CC2)cc1)c1n[nH]c2ccc(F)cc12. The fraction of sp³-hybridized carbons (Fsp3) is 0.200. The highest BCUT2D eigenvalue weighted by molar-refractivity contribution is 7.89. The van der Waals surface area contributed by atoms with Gasteiger partial charge in [0.15, 0.2) is 10.9 Å². The highest BCUT2D eigenvalue weighted by Crippen LogP contribution is 2.32. The third-order valence-corrected chi connectivity index (χ3v) is 9.49. The van der Waals surface area contributed by atoms with Crippen molar-refractivity contribution in [3.05, 3.63) is 72.5 Å². The molecule has 5 aromatic rings. The van der Waals surface area contributed by atoms with Crippen LogP contribution < -0.4 is 9.80 Å². The smallest absolute Gasteiger partial charge is 0.243 e. The van der Waals surface area contributed by atoms with Gasteiger partial charge in [-0.1, -0.05) is 23.5 Å². The predicted octanol–water partition coefficient (Wildman–Crippen LogP) is 4.59. The summed E-state index contributed by atoms with van der Waals surface area (Å²) >= 11 is 1.63. The third-order valence-electron chi connectivity index (χ3n) is 6.48. The van der Waals surface area contributed by atoms with Crippen LogP contribution in [0.5, 0.6) is 0 Å². The largest absolute Gasteiger partial charge is 0.345 e. The summed E-state index contributed by atoms with van der Waals surface area (Å²) in [4.78, 5) is 8.88. The van der Waals surface area contributed by atoms with Crippen LogP contribution in [0.25, 0.3) is 21.1 Å². The van der Waals surface area contributed by atoms with Gasteiger partial charge in [-0.15, -0.1) is 0 Å². The summed E-state index contributed by atoms with van der Waals surface area (Å²) in [5.41, 5.74) is 2.43. The average molecular weight is 523 g/mol. The maximum Gasteiger partial charge on any atom is 0.243 e. The summed E-state index contributed by atoms with van der Waals surface area (Å²) < 4.78 is 43.0. The lowest BCUT2D eigenvalue weighted by atomic mass is 10.2. The Morgan fingerprint density at radius 3 is 2.50 bits per heavy atom. The van der Waals surface area contributed by atoms with Gasteiger partial charge in [-0.25, -0.2) is 17.8 Å². The van der Waals surface area contributed by atoms with Crippen molar-refractivity contribution in [2.75, 3.05) is 43.0 Å². The normalized spacial score (nSPS) is 15.1. The van der Waals surface area contributed by atoms with E-state index in [1.807, 2.05) is 31.3 Å². The molecule has 0 amide bonds. The lowest BCUT2D eigenvalue weighted by Crippen LogP contribution is -2.48. The van der Waals surface area contributed by atoms with E-state index in [-0.39, 0.29) is 10.7 Å². The number of nitrogens with zero attached hydrogens (tertiary/aromatic N) is 5. The monoisotopic (exact) mass is 522 g/mol. The average Bonchev–Trinajstić information content (AvgIpc) is 3.52. The van der Waals surface area contributed by atoms with E-state index in [9.17, 15) is 12.8 Å². The van der Waals surface area contributed by atoms with E-state index in [0.717, 1.165) is 26.6 Å². The van der Waals surface area contributed by atoms with Crippen molar-refractivity contribution >= 4 is 59.1 Å². The van der Waals surface area contributed by atoms with E-state index in [4.69, 9.17) is 4.98 Å². The Hall–Kier alpha value is -3.54. The van der Waals surface area contributed by atoms with Gasteiger partial charge in [0, 0.05) is 44.3 Å². The van der Waals surface area contributed by atoms with Crippen molar-refractivity contribution in [1.29, 1.82) is 0 Å². The molecule has 1 saturated heterocycles. The summed E-state index contributed by atoms with van der Waals surface area (Å²) in [7, 11) is -1.82. The number of rotatable bonds is 5. The van der Waals surface area contributed by atoms with Crippen molar-refractivity contribution in [2.45, 2.75) is 4.90 Å². The molecule has 0 spiro atoms. The number of H-pyrrole nitrogens is 1. The number of aromatic nitrogens is 3. The number of aromatic amines is 1. The minimum atomic E-state index is -3.63. The molecule has 1 N–H and O–H groups in total. The number of hydrogen-bond acceptors (Lipinski definition) is 7. The zero-order valence-corrected chi connectivity index (χ0v) is 21.1. The molecule has 1 aliphatic rings. The van der Waals surface area contributed by atoms with Gasteiger partial charge in [-0.3, -0.25) is 5.10 Å². The zero-order valence-electron chi connectivity index (χ0n) is 19.4. The molecule has 6 rings (SSSR count). The minimum absolute atomic E-state index is 0.242. The molecule has 8 nitrogen and oxygen atoms in total. The summed E-state index contributed by atoms with van der Waals surface area (Å²) in [6, 6.07) is 19.1. The number of thiazole rings is 1. The van der Waals surface area contributed by atoms with Crippen molar-refractivity contribution in [1.82, 2.24) is 19.5 Å². The first kappa shape index (κ1) is 22.9. The summed E-state index contributed by atoms with van der Waals surface area (Å²) in [6.07, 6.45) is 0. The molecule has 3 heterocycles. The Morgan fingerprint density at radius 1 is 1.00 bits per heavy atom. The van der Waals surface area contributed by atoms with E-state index in [1.54, 1.807) is 46.6 Å². The van der Waals surface area contributed by atoms with Gasteiger partial charge in [0.25, 0.3) is 0 Å². The number of benzene rings is 3. The molecule has 36 heavy (non-hydrogen) atoms. The topological polar surface area (TPSA) is 85.4 Å². The summed E-state index contributed by atoms with van der Waals surface area (Å²) in [5, 5.41) is 8.78. The molecule has 184 valence electrons. The van der Waals surface area contributed by atoms with E-state index < -0.39 is 10.0 Å². The number of piperazine rings is 1. The Labute approximate surface area is 211 Å². The van der Waals surface area contributed by atoms with Gasteiger partial charge in [-0.2, -0.15) is 9.40 Å². The molecule has 1 aliphatic heterocycles. The fourth-order valence-corrected chi connectivity index (χ4v) is 6.90. The molecule has 2 aromatic heterocycles. The van der Waals surface area contributed by atoms with Crippen LogP contribution in [0, 0.1) is 5.82 Å². The van der Waals surface area contributed by atoms with Crippen LogP contribution >= 0.6 is 11.3 Å². The van der Waals surface area contributed by atoms with E-state index in [1.165, 1.54) is 16.4 Å². The number of hydrogen-bond donors (Lipinski definition) is 1. The van der Waals surface area contributed by atoms with Gasteiger partial charge in [0.2, 0.25) is 10.0 Å². The number of fused-ring (bicyclic) bond motifs is 2. The van der Waals surface area contributed by atoms with Gasteiger partial charge in [0.05, 0.1) is 20.6 Å². The molecule has 0 aliphatic carbocycles. The maximum atomic E-state index is 13.8. The molecular formula is C25H23FN6O2S2. The lowest BCUT2D eigenvalue weighted by molar-refractivity contribution is 0.385. The molecule has 0 saturated carbocycles. The van der Waals surface area contributed by atoms with Crippen LogP contribution in [0.2, 0.25) is 0 Å². The van der Waals surface area contributed by atoms with Crippen molar-refractivity contribution in [3.63, 3.8) is 0 Å². The minimum Gasteiger partial charge on any atom is -0.345 e. The standard InChI is InChI=1S/C25H23FN6O2S2/c1-30(24-20-16-17(26)6-11-21(20)28-29-24)18-7-9-19(10-8-18)36(33,34)32-14-12-31(13-15-32)25-27-22-4-2-3-5-23(22)35-25/h2-11,16H,12-15H2,1H3,(H,28,29). The lowest BCUT2D eigenvalue weighted by Gasteiger charge is -2.33. The maximum absolute atomic E-state index is 13.8. The number of para-hydroxylation sites is 1. The van der Waals surface area contributed by atoms with E-state index in [0.29, 0.717) is 37.4 Å². The molecule has 0 unspecified atom stereocenters. The van der Waals surface area contributed by atoms with E-state index in [2.05, 4.69) is 15.1 Å². The number of anilines is 3. The van der Waals surface area contributed by atoms with E-state index >= 15 is 0 Å². The zero-order chi connectivity index (χ0) is 24.9. The second kappa shape index (κ2) is 8.84. The second-order valence-electron chi connectivity index (χ2n) is 8.65. The molecule has 0 radical (unpaired) electrons. The molecule has 11 heteroatoms. The number of nitrogens with one attached hydrogen (secondary N) is 1. The molecule has 1 fully saturated rings. The molecule has 3 aromatic carbocycles. The van der Waals surface area contributed by atoms with Crippen LogP contribution in [0.4, 0.5) is 21.0 Å². The summed E-state index contributed by atoms with van der Waals surface area (Å²) in [6.45, 7) is 1.96. The third kappa shape index (κ3) is 3.98. The Bertz CT molecular complexity index is 1620. The first-order valence-corrected chi connectivity index (χ1v) is 13.7. The number of halogens is 1. The first-order chi connectivity index (χ1) is 17.4. The molecule has 0 atom stereocenters. The highest BCUT2D eigenvalue weighted by Gasteiger charge is 2.29. The van der Waals surface area contributed by atoms with Gasteiger partial charge in [-0.05, 0) is 54.6 Å². The van der Waals surface area contributed by atoms with Crippen LogP contribution in [-0.2, 0) is 10.0 Å². The first-order valence-electron chi connectivity index (χ1n) is 11.5. The quantitative estimate of drug-likeness (QED) is 0.363. The Balaban J connectivity index is 1.17. The Kier molecular flexibility index (Phi) is 5.62. The van der Waals surface area contributed by atoms with Crippen LogP contribution in [0.3, 0.4) is 0 Å². The van der Waals surface area contributed by atoms with Gasteiger partial charge in [0.1, 0.15) is 5.82 Å². The van der Waals surface area contributed by atoms with Gasteiger partial charge < -0.3 is 9.80 Å². The fourth-order valence-electron chi connectivity index (χ4n) is 4.46. The van der Waals surface area contributed by atoms with Crippen molar-refractivity contribution < 1.29 is 12.8 Å².